The van der Waals surface area contributed by atoms with E-state index < -0.39 is 0 Å². The summed E-state index contributed by atoms with van der Waals surface area (Å²) in [7, 11) is 0. The first-order chi connectivity index (χ1) is 6.63. The van der Waals surface area contributed by atoms with Gasteiger partial charge in [0.1, 0.15) is 5.75 Å². The van der Waals surface area contributed by atoms with Crippen LogP contribution in [0.25, 0.3) is 0 Å². The van der Waals surface area contributed by atoms with Crippen LogP contribution in [0.3, 0.4) is 0 Å². The molecule has 0 unspecified atom stereocenters. The molecule has 0 spiro atoms. The molecule has 2 heteroatoms. The zero-order chi connectivity index (χ0) is 10.6. The van der Waals surface area contributed by atoms with Gasteiger partial charge in [0.25, 0.3) is 0 Å². The van der Waals surface area contributed by atoms with Crippen LogP contribution < -0.4 is 4.74 Å². The predicted octanol–water partition coefficient (Wildman–Crippen LogP) is 2.87. The van der Waals surface area contributed by atoms with Crippen molar-refractivity contribution in [3.8, 4) is 5.75 Å². The zero-order valence-electron chi connectivity index (χ0n) is 8.96. The Labute approximate surface area is 84.9 Å². The number of carbonyl (C=O) groups excluding carboxylic acids is 1. The van der Waals surface area contributed by atoms with Crippen LogP contribution in [0.4, 0.5) is 0 Å². The van der Waals surface area contributed by atoms with Gasteiger partial charge in [-0.15, -0.1) is 0 Å². The smallest absolute Gasteiger partial charge is 0.308 e. The molecule has 0 N–H and O–H groups in total. The highest BCUT2D eigenvalue weighted by Crippen LogP contribution is 2.20. The van der Waals surface area contributed by atoms with Crippen LogP contribution in [0.5, 0.6) is 5.75 Å². The summed E-state index contributed by atoms with van der Waals surface area (Å²) in [5, 5.41) is 0. The van der Waals surface area contributed by atoms with E-state index >= 15 is 0 Å². The largest absolute Gasteiger partial charge is 0.426 e. The summed E-state index contributed by atoms with van der Waals surface area (Å²) in [6.45, 7) is 5.49. The van der Waals surface area contributed by atoms with Gasteiger partial charge in [0.05, 0.1) is 0 Å². The molecule has 76 valence electrons. The van der Waals surface area contributed by atoms with Gasteiger partial charge in [-0.1, -0.05) is 25.5 Å². The minimum absolute atomic E-state index is 0.262. The fourth-order valence-electron chi connectivity index (χ4n) is 1.35. The number of esters is 1. The summed E-state index contributed by atoms with van der Waals surface area (Å²) in [5.74, 6) is 0.421. The van der Waals surface area contributed by atoms with Crippen molar-refractivity contribution in [1.29, 1.82) is 0 Å². The number of ether oxygens (including phenoxy) is 1. The zero-order valence-corrected chi connectivity index (χ0v) is 8.96. The quantitative estimate of drug-likeness (QED) is 0.543. The Morgan fingerprint density at radius 1 is 1.43 bits per heavy atom. The van der Waals surface area contributed by atoms with E-state index in [1.54, 1.807) is 0 Å². The monoisotopic (exact) mass is 192 g/mol. The molecule has 0 atom stereocenters. The average Bonchev–Trinajstić information content (AvgIpc) is 2.10. The van der Waals surface area contributed by atoms with Crippen molar-refractivity contribution in [1.82, 2.24) is 0 Å². The fourth-order valence-corrected chi connectivity index (χ4v) is 1.35. The van der Waals surface area contributed by atoms with E-state index in [-0.39, 0.29) is 5.97 Å². The molecular formula is C12H16O2. The van der Waals surface area contributed by atoms with Crippen molar-refractivity contribution in [2.45, 2.75) is 33.6 Å². The molecule has 0 aliphatic heterocycles. The fraction of sp³-hybridized carbons (Fsp3) is 0.417. The van der Waals surface area contributed by atoms with E-state index in [4.69, 9.17) is 4.74 Å². The minimum atomic E-state index is -0.262. The van der Waals surface area contributed by atoms with E-state index in [1.165, 1.54) is 12.5 Å². The molecule has 0 bridgehead atoms. The van der Waals surface area contributed by atoms with Gasteiger partial charge < -0.3 is 4.74 Å². The van der Waals surface area contributed by atoms with E-state index in [1.807, 2.05) is 19.1 Å². The van der Waals surface area contributed by atoms with E-state index in [0.29, 0.717) is 5.75 Å². The van der Waals surface area contributed by atoms with Crippen molar-refractivity contribution < 1.29 is 9.53 Å². The number of hydrogen-bond acceptors (Lipinski definition) is 2. The van der Waals surface area contributed by atoms with Crippen molar-refractivity contribution in [2.75, 3.05) is 0 Å². The minimum Gasteiger partial charge on any atom is -0.426 e. The van der Waals surface area contributed by atoms with Crippen LogP contribution in [0.2, 0.25) is 0 Å². The Kier molecular flexibility index (Phi) is 3.69. The molecule has 0 aliphatic rings. The van der Waals surface area contributed by atoms with Gasteiger partial charge in [0, 0.05) is 6.92 Å². The Hall–Kier alpha value is -1.31. The van der Waals surface area contributed by atoms with Gasteiger partial charge in [-0.25, -0.2) is 0 Å². The van der Waals surface area contributed by atoms with Crippen molar-refractivity contribution in [3.05, 3.63) is 29.3 Å². The third-order valence-corrected chi connectivity index (χ3v) is 2.04. The highest BCUT2D eigenvalue weighted by molar-refractivity contribution is 5.69. The maximum atomic E-state index is 10.8. The van der Waals surface area contributed by atoms with Crippen LogP contribution in [0.1, 0.15) is 31.4 Å². The molecule has 0 saturated carbocycles. The van der Waals surface area contributed by atoms with Gasteiger partial charge in [-0.2, -0.15) is 0 Å². The number of carbonyl (C=O) groups is 1. The predicted molar refractivity (Wildman–Crippen MR) is 56.5 cm³/mol. The van der Waals surface area contributed by atoms with E-state index in [2.05, 4.69) is 13.0 Å². The molecule has 1 aromatic rings. The lowest BCUT2D eigenvalue weighted by molar-refractivity contribution is -0.131. The molecule has 0 heterocycles. The number of aryl methyl sites for hydroxylation is 2. The molecule has 0 amide bonds. The molecular weight excluding hydrogens is 176 g/mol. The second kappa shape index (κ2) is 4.80. The van der Waals surface area contributed by atoms with Crippen LogP contribution >= 0.6 is 0 Å². The third-order valence-electron chi connectivity index (χ3n) is 2.04. The standard InChI is InChI=1S/C12H16O2/c1-4-5-11-7-6-9(2)12(8-11)14-10(3)13/h6-8H,4-5H2,1-3H3. The first kappa shape index (κ1) is 10.8. The van der Waals surface area contributed by atoms with Crippen LogP contribution in [-0.2, 0) is 11.2 Å². The molecule has 0 fully saturated rings. The average molecular weight is 192 g/mol. The molecule has 0 radical (unpaired) electrons. The Morgan fingerprint density at radius 3 is 2.71 bits per heavy atom. The molecule has 0 aromatic heterocycles. The third kappa shape index (κ3) is 2.87. The Morgan fingerprint density at radius 2 is 2.14 bits per heavy atom. The van der Waals surface area contributed by atoms with Crippen LogP contribution in [0, 0.1) is 6.92 Å². The van der Waals surface area contributed by atoms with Gasteiger partial charge >= 0.3 is 5.97 Å². The summed E-state index contributed by atoms with van der Waals surface area (Å²) in [5.41, 5.74) is 2.22. The van der Waals surface area contributed by atoms with Crippen molar-refractivity contribution in [2.24, 2.45) is 0 Å². The van der Waals surface area contributed by atoms with Crippen molar-refractivity contribution >= 4 is 5.97 Å². The second-order valence-corrected chi connectivity index (χ2v) is 3.44. The highest BCUT2D eigenvalue weighted by atomic mass is 16.5. The summed E-state index contributed by atoms with van der Waals surface area (Å²) in [6.07, 6.45) is 2.12. The van der Waals surface area contributed by atoms with Gasteiger partial charge in [-0.3, -0.25) is 4.79 Å². The lowest BCUT2D eigenvalue weighted by atomic mass is 10.1. The van der Waals surface area contributed by atoms with Gasteiger partial charge in [0.15, 0.2) is 0 Å². The van der Waals surface area contributed by atoms with E-state index in [0.717, 1.165) is 18.4 Å². The number of hydrogen-bond donors (Lipinski definition) is 0. The van der Waals surface area contributed by atoms with Crippen LogP contribution in [-0.4, -0.2) is 5.97 Å². The first-order valence-corrected chi connectivity index (χ1v) is 4.91. The molecule has 1 aromatic carbocycles. The maximum absolute atomic E-state index is 10.8. The second-order valence-electron chi connectivity index (χ2n) is 3.44. The molecule has 0 saturated heterocycles. The number of benzene rings is 1. The Balaban J connectivity index is 2.90. The molecule has 2 nitrogen and oxygen atoms in total. The SMILES string of the molecule is CCCc1ccc(C)c(OC(C)=O)c1. The first-order valence-electron chi connectivity index (χ1n) is 4.91. The van der Waals surface area contributed by atoms with Gasteiger partial charge in [0.2, 0.25) is 0 Å². The highest BCUT2D eigenvalue weighted by Gasteiger charge is 2.03. The molecule has 1 rings (SSSR count). The summed E-state index contributed by atoms with van der Waals surface area (Å²) < 4.78 is 5.09. The molecule has 14 heavy (non-hydrogen) atoms. The van der Waals surface area contributed by atoms with Crippen LogP contribution in [0.15, 0.2) is 18.2 Å². The topological polar surface area (TPSA) is 26.3 Å². The normalized spacial score (nSPS) is 9.93. The van der Waals surface area contributed by atoms with Gasteiger partial charge in [-0.05, 0) is 30.5 Å². The summed E-state index contributed by atoms with van der Waals surface area (Å²) in [6, 6.07) is 6.01. The van der Waals surface area contributed by atoms with E-state index in [9.17, 15) is 4.79 Å². The van der Waals surface area contributed by atoms with Crippen molar-refractivity contribution in [3.63, 3.8) is 0 Å². The lowest BCUT2D eigenvalue weighted by Crippen LogP contribution is -2.03. The Bertz CT molecular complexity index is 329. The maximum Gasteiger partial charge on any atom is 0.308 e. The summed E-state index contributed by atoms with van der Waals surface area (Å²) in [4.78, 5) is 10.8. The molecule has 0 aliphatic carbocycles. The summed E-state index contributed by atoms with van der Waals surface area (Å²) >= 11 is 0. The lowest BCUT2D eigenvalue weighted by Gasteiger charge is -2.07. The number of rotatable bonds is 3.